The van der Waals surface area contributed by atoms with Crippen LogP contribution in [-0.2, 0) is 9.53 Å². The van der Waals surface area contributed by atoms with Crippen molar-refractivity contribution in [1.82, 2.24) is 0 Å². The number of rotatable bonds is 2. The van der Waals surface area contributed by atoms with E-state index in [4.69, 9.17) is 4.74 Å². The molecule has 0 aromatic rings. The molecule has 1 saturated heterocycles. The molecule has 3 unspecified atom stereocenters. The Labute approximate surface area is 67.9 Å². The van der Waals surface area contributed by atoms with E-state index in [9.17, 15) is 4.79 Å². The average Bonchev–Trinajstić information content (AvgIpc) is 2.24. The Bertz CT molecular complexity index is 154. The lowest BCUT2D eigenvalue weighted by atomic mass is 9.87. The predicted molar refractivity (Wildman–Crippen MR) is 43.1 cm³/mol. The normalized spacial score (nSPS) is 37.4. The van der Waals surface area contributed by atoms with Crippen LogP contribution in [0.5, 0.6) is 0 Å². The lowest BCUT2D eigenvalue weighted by Crippen LogP contribution is -2.17. The quantitative estimate of drug-likeness (QED) is 0.571. The third-order valence-corrected chi connectivity index (χ3v) is 2.64. The maximum absolute atomic E-state index is 11.2. The number of hydrogen-bond acceptors (Lipinski definition) is 2. The molecule has 1 aliphatic heterocycles. The molecule has 1 rings (SSSR count). The van der Waals surface area contributed by atoms with E-state index in [2.05, 4.69) is 6.92 Å². The van der Waals surface area contributed by atoms with E-state index in [-0.39, 0.29) is 18.0 Å². The highest BCUT2D eigenvalue weighted by molar-refractivity contribution is 5.75. The van der Waals surface area contributed by atoms with E-state index in [0.717, 1.165) is 12.8 Å². The number of hydrogen-bond donors (Lipinski definition) is 0. The highest BCUT2D eigenvalue weighted by atomic mass is 16.6. The zero-order valence-electron chi connectivity index (χ0n) is 7.46. The Balaban J connectivity index is 2.66. The minimum absolute atomic E-state index is 0.00634. The van der Waals surface area contributed by atoms with Gasteiger partial charge < -0.3 is 4.74 Å². The van der Waals surface area contributed by atoms with E-state index in [1.807, 2.05) is 13.8 Å². The van der Waals surface area contributed by atoms with Crippen LogP contribution in [0.2, 0.25) is 0 Å². The first-order valence-electron chi connectivity index (χ1n) is 4.41. The topological polar surface area (TPSA) is 26.3 Å². The zero-order chi connectivity index (χ0) is 8.43. The van der Waals surface area contributed by atoms with Crippen molar-refractivity contribution in [3.8, 4) is 0 Å². The van der Waals surface area contributed by atoms with Gasteiger partial charge >= 0.3 is 5.97 Å². The lowest BCUT2D eigenvalue weighted by molar-refractivity contribution is -0.143. The fourth-order valence-corrected chi connectivity index (χ4v) is 1.95. The molecule has 1 heterocycles. The molecule has 0 N–H and O–H groups in total. The van der Waals surface area contributed by atoms with E-state index >= 15 is 0 Å². The average molecular weight is 156 g/mol. The maximum atomic E-state index is 11.2. The number of esters is 1. The SMILES string of the molecule is CCC1C(=O)OC(C)C1CC. The van der Waals surface area contributed by atoms with Gasteiger partial charge in [-0.15, -0.1) is 0 Å². The van der Waals surface area contributed by atoms with Crippen molar-refractivity contribution in [3.63, 3.8) is 0 Å². The molecule has 0 amide bonds. The van der Waals surface area contributed by atoms with Crippen molar-refractivity contribution in [3.05, 3.63) is 0 Å². The van der Waals surface area contributed by atoms with Crippen LogP contribution >= 0.6 is 0 Å². The Kier molecular flexibility index (Phi) is 2.53. The minimum atomic E-state index is 0.00634. The van der Waals surface area contributed by atoms with Crippen LogP contribution in [0, 0.1) is 11.8 Å². The smallest absolute Gasteiger partial charge is 0.309 e. The van der Waals surface area contributed by atoms with Crippen LogP contribution in [-0.4, -0.2) is 12.1 Å². The fraction of sp³-hybridized carbons (Fsp3) is 0.889. The largest absolute Gasteiger partial charge is 0.462 e. The molecule has 0 aliphatic carbocycles. The molecular formula is C9H16O2. The minimum Gasteiger partial charge on any atom is -0.462 e. The highest BCUT2D eigenvalue weighted by Gasteiger charge is 2.39. The fourth-order valence-electron chi connectivity index (χ4n) is 1.95. The summed E-state index contributed by atoms with van der Waals surface area (Å²) < 4.78 is 5.13. The molecule has 0 aromatic carbocycles. The summed E-state index contributed by atoms with van der Waals surface area (Å²) in [6, 6.07) is 0. The van der Waals surface area contributed by atoms with Crippen LogP contribution in [0.15, 0.2) is 0 Å². The molecule has 2 nitrogen and oxygen atoms in total. The van der Waals surface area contributed by atoms with Crippen LogP contribution in [0.4, 0.5) is 0 Å². The van der Waals surface area contributed by atoms with Gasteiger partial charge in [0, 0.05) is 5.92 Å². The number of carbonyl (C=O) groups excluding carboxylic acids is 1. The summed E-state index contributed by atoms with van der Waals surface area (Å²) in [5, 5.41) is 0. The van der Waals surface area contributed by atoms with Crippen molar-refractivity contribution in [1.29, 1.82) is 0 Å². The third-order valence-electron chi connectivity index (χ3n) is 2.64. The Hall–Kier alpha value is -0.530. The monoisotopic (exact) mass is 156 g/mol. The van der Waals surface area contributed by atoms with Crippen molar-refractivity contribution >= 4 is 5.97 Å². The number of carbonyl (C=O) groups is 1. The molecule has 1 fully saturated rings. The van der Waals surface area contributed by atoms with Gasteiger partial charge in [-0.2, -0.15) is 0 Å². The zero-order valence-corrected chi connectivity index (χ0v) is 7.46. The van der Waals surface area contributed by atoms with Crippen LogP contribution in [0.25, 0.3) is 0 Å². The molecular weight excluding hydrogens is 140 g/mol. The van der Waals surface area contributed by atoms with E-state index < -0.39 is 0 Å². The van der Waals surface area contributed by atoms with Gasteiger partial charge in [0.15, 0.2) is 0 Å². The number of ether oxygens (including phenoxy) is 1. The van der Waals surface area contributed by atoms with Gasteiger partial charge in [-0.25, -0.2) is 0 Å². The second-order valence-corrected chi connectivity index (χ2v) is 3.23. The Morgan fingerprint density at radius 1 is 1.36 bits per heavy atom. The third kappa shape index (κ3) is 1.39. The number of cyclic esters (lactones) is 1. The summed E-state index contributed by atoms with van der Waals surface area (Å²) >= 11 is 0. The summed E-state index contributed by atoms with van der Waals surface area (Å²) in [7, 11) is 0. The summed E-state index contributed by atoms with van der Waals surface area (Å²) in [6.45, 7) is 6.15. The molecule has 0 bridgehead atoms. The molecule has 3 atom stereocenters. The van der Waals surface area contributed by atoms with Gasteiger partial charge in [0.05, 0.1) is 5.92 Å². The summed E-state index contributed by atoms with van der Waals surface area (Å²) in [5.41, 5.74) is 0. The summed E-state index contributed by atoms with van der Waals surface area (Å²) in [5.74, 6) is 0.620. The first-order chi connectivity index (χ1) is 5.20. The molecule has 0 aromatic heterocycles. The van der Waals surface area contributed by atoms with E-state index in [0.29, 0.717) is 5.92 Å². The van der Waals surface area contributed by atoms with Crippen LogP contribution < -0.4 is 0 Å². The molecule has 64 valence electrons. The summed E-state index contributed by atoms with van der Waals surface area (Å²) in [4.78, 5) is 11.2. The molecule has 0 radical (unpaired) electrons. The van der Waals surface area contributed by atoms with Gasteiger partial charge in [-0.05, 0) is 19.8 Å². The maximum Gasteiger partial charge on any atom is 0.309 e. The standard InChI is InChI=1S/C9H16O2/c1-4-7-6(3)11-9(10)8(7)5-2/h6-8H,4-5H2,1-3H3. The van der Waals surface area contributed by atoms with E-state index in [1.54, 1.807) is 0 Å². The van der Waals surface area contributed by atoms with E-state index in [1.165, 1.54) is 0 Å². The molecule has 0 saturated carbocycles. The van der Waals surface area contributed by atoms with Crippen molar-refractivity contribution in [2.75, 3.05) is 0 Å². The van der Waals surface area contributed by atoms with Crippen molar-refractivity contribution < 1.29 is 9.53 Å². The van der Waals surface area contributed by atoms with Crippen LogP contribution in [0.1, 0.15) is 33.6 Å². The molecule has 1 aliphatic rings. The summed E-state index contributed by atoms with van der Waals surface area (Å²) in [6.07, 6.45) is 2.10. The highest BCUT2D eigenvalue weighted by Crippen LogP contribution is 2.32. The van der Waals surface area contributed by atoms with Gasteiger partial charge in [0.1, 0.15) is 6.10 Å². The second-order valence-electron chi connectivity index (χ2n) is 3.23. The first-order valence-corrected chi connectivity index (χ1v) is 4.41. The van der Waals surface area contributed by atoms with Gasteiger partial charge in [0.2, 0.25) is 0 Å². The van der Waals surface area contributed by atoms with Gasteiger partial charge in [-0.3, -0.25) is 4.79 Å². The van der Waals surface area contributed by atoms with Crippen molar-refractivity contribution in [2.45, 2.75) is 39.7 Å². The predicted octanol–water partition coefficient (Wildman–Crippen LogP) is 1.98. The van der Waals surface area contributed by atoms with Crippen molar-refractivity contribution in [2.24, 2.45) is 11.8 Å². The van der Waals surface area contributed by atoms with Gasteiger partial charge in [-0.1, -0.05) is 13.8 Å². The van der Waals surface area contributed by atoms with Gasteiger partial charge in [0.25, 0.3) is 0 Å². The first kappa shape index (κ1) is 8.57. The second kappa shape index (κ2) is 3.24. The Morgan fingerprint density at radius 2 is 2.00 bits per heavy atom. The van der Waals surface area contributed by atoms with Crippen LogP contribution in [0.3, 0.4) is 0 Å². The lowest BCUT2D eigenvalue weighted by Gasteiger charge is -2.13. The molecule has 2 heteroatoms. The molecule has 11 heavy (non-hydrogen) atoms. The Morgan fingerprint density at radius 3 is 2.36 bits per heavy atom. The molecule has 0 spiro atoms.